The molecule has 4 aromatic rings. The molecule has 2 heterocycles. The van der Waals surface area contributed by atoms with Crippen LogP contribution in [-0.4, -0.2) is 25.5 Å². The van der Waals surface area contributed by atoms with E-state index in [1.54, 1.807) is 6.07 Å². The molecule has 0 bridgehead atoms. The number of aromatic nitrogens is 2. The van der Waals surface area contributed by atoms with E-state index in [1.165, 1.54) is 41.0 Å². The van der Waals surface area contributed by atoms with Gasteiger partial charge in [0, 0.05) is 5.56 Å². The number of para-hydroxylation sites is 1. The Morgan fingerprint density at radius 3 is 2.62 bits per heavy atom. The van der Waals surface area contributed by atoms with E-state index in [0.717, 1.165) is 10.2 Å². The van der Waals surface area contributed by atoms with Crippen molar-refractivity contribution in [2.75, 3.05) is 0 Å². The maximum atomic E-state index is 13.8. The van der Waals surface area contributed by atoms with E-state index in [1.807, 2.05) is 24.3 Å². The zero-order valence-corrected chi connectivity index (χ0v) is 14.4. The summed E-state index contributed by atoms with van der Waals surface area (Å²) >= 11 is 1.29. The Balaban J connectivity index is 2.08. The van der Waals surface area contributed by atoms with Crippen molar-refractivity contribution in [3.8, 4) is 28.0 Å². The summed E-state index contributed by atoms with van der Waals surface area (Å²) in [6.45, 7) is 1.28. The molecule has 2 N–H and O–H groups in total. The summed E-state index contributed by atoms with van der Waals surface area (Å²) in [5.74, 6) is -1.99. The largest absolute Gasteiger partial charge is 0.503 e. The van der Waals surface area contributed by atoms with Gasteiger partial charge < -0.3 is 10.2 Å². The third-order valence-corrected chi connectivity index (χ3v) is 5.07. The third-order valence-electron chi connectivity index (χ3n) is 4.04. The first kappa shape index (κ1) is 16.3. The van der Waals surface area contributed by atoms with Crippen LogP contribution in [0.25, 0.3) is 26.6 Å². The van der Waals surface area contributed by atoms with Crippen LogP contribution < -0.4 is 0 Å². The zero-order valence-electron chi connectivity index (χ0n) is 13.6. The molecular formula is C19H13FN2O3S. The number of rotatable bonds is 3. The van der Waals surface area contributed by atoms with Crippen LogP contribution in [0.5, 0.6) is 11.6 Å². The Labute approximate surface area is 151 Å². The van der Waals surface area contributed by atoms with E-state index in [0.29, 0.717) is 10.7 Å². The molecule has 2 aromatic carbocycles. The van der Waals surface area contributed by atoms with Crippen LogP contribution in [0.4, 0.5) is 4.39 Å². The van der Waals surface area contributed by atoms with Crippen molar-refractivity contribution < 1.29 is 19.4 Å². The molecule has 0 aliphatic heterocycles. The lowest BCUT2D eigenvalue weighted by Crippen LogP contribution is -2.00. The molecule has 2 aromatic heterocycles. The number of thiazole rings is 1. The predicted molar refractivity (Wildman–Crippen MR) is 97.7 cm³/mol. The molecule has 0 radical (unpaired) electrons. The molecule has 0 saturated heterocycles. The lowest BCUT2D eigenvalue weighted by Gasteiger charge is -2.08. The van der Waals surface area contributed by atoms with Gasteiger partial charge >= 0.3 is 0 Å². The summed E-state index contributed by atoms with van der Waals surface area (Å²) in [5.41, 5.74) is 1.19. The van der Waals surface area contributed by atoms with Gasteiger partial charge in [-0.3, -0.25) is 9.36 Å². The van der Waals surface area contributed by atoms with Gasteiger partial charge in [-0.2, -0.15) is 0 Å². The van der Waals surface area contributed by atoms with Gasteiger partial charge in [-0.15, -0.1) is 0 Å². The molecule has 0 fully saturated rings. The molecule has 0 aliphatic carbocycles. The molecule has 0 saturated carbocycles. The fraction of sp³-hybridized carbons (Fsp3) is 0.0526. The summed E-state index contributed by atoms with van der Waals surface area (Å²) in [4.78, 5) is 16.6. The number of halogens is 1. The minimum atomic E-state index is -0.545. The zero-order chi connectivity index (χ0) is 18.4. The molecule has 130 valence electrons. The molecule has 5 nitrogen and oxygen atoms in total. The number of nitrogens with zero attached hydrogens (tertiary/aromatic N) is 2. The average molecular weight is 368 g/mol. The fourth-order valence-corrected chi connectivity index (χ4v) is 3.91. The van der Waals surface area contributed by atoms with E-state index in [9.17, 15) is 19.4 Å². The monoisotopic (exact) mass is 368 g/mol. The second kappa shape index (κ2) is 5.96. The van der Waals surface area contributed by atoms with Gasteiger partial charge in [0.05, 0.1) is 21.5 Å². The molecule has 0 spiro atoms. The van der Waals surface area contributed by atoms with Crippen LogP contribution in [0.2, 0.25) is 0 Å². The first-order valence-electron chi connectivity index (χ1n) is 7.77. The maximum absolute atomic E-state index is 13.8. The van der Waals surface area contributed by atoms with Crippen molar-refractivity contribution in [3.05, 3.63) is 59.9 Å². The number of hydrogen-bond donors (Lipinski definition) is 2. The number of hydrogen-bond acceptors (Lipinski definition) is 5. The van der Waals surface area contributed by atoms with Crippen molar-refractivity contribution in [2.45, 2.75) is 6.92 Å². The molecule has 26 heavy (non-hydrogen) atoms. The average Bonchev–Trinajstić information content (AvgIpc) is 3.14. The molecule has 0 atom stereocenters. The molecule has 0 unspecified atom stereocenters. The van der Waals surface area contributed by atoms with Crippen molar-refractivity contribution in [2.24, 2.45) is 0 Å². The standard InChI is InChI=1S/C19H13FN2O3S/c1-10(23)15-16(11-5-4-6-12(20)9-11)22(18(25)17(15)24)19-21-13-7-2-3-8-14(13)26-19/h2-9,24-25H,1H3. The maximum Gasteiger partial charge on any atom is 0.242 e. The minimum Gasteiger partial charge on any atom is -0.503 e. The normalized spacial score (nSPS) is 11.2. The first-order valence-corrected chi connectivity index (χ1v) is 8.58. The topological polar surface area (TPSA) is 75.3 Å². The van der Waals surface area contributed by atoms with Gasteiger partial charge in [0.15, 0.2) is 16.7 Å². The second-order valence-electron chi connectivity index (χ2n) is 5.76. The smallest absolute Gasteiger partial charge is 0.242 e. The number of carbonyl (C=O) groups excluding carboxylic acids is 1. The van der Waals surface area contributed by atoms with Gasteiger partial charge in [-0.25, -0.2) is 9.37 Å². The molecule has 4 rings (SSSR count). The second-order valence-corrected chi connectivity index (χ2v) is 6.77. The van der Waals surface area contributed by atoms with Gasteiger partial charge in [0.25, 0.3) is 0 Å². The van der Waals surface area contributed by atoms with E-state index in [-0.39, 0.29) is 11.3 Å². The predicted octanol–water partition coefficient (Wildman–Crippen LogP) is 4.51. The van der Waals surface area contributed by atoms with Crippen LogP contribution in [0, 0.1) is 5.82 Å². The summed E-state index contributed by atoms with van der Waals surface area (Å²) in [6.07, 6.45) is 0. The Morgan fingerprint density at radius 1 is 1.15 bits per heavy atom. The highest BCUT2D eigenvalue weighted by molar-refractivity contribution is 7.20. The van der Waals surface area contributed by atoms with E-state index in [2.05, 4.69) is 4.98 Å². The van der Waals surface area contributed by atoms with Crippen LogP contribution >= 0.6 is 11.3 Å². The highest BCUT2D eigenvalue weighted by atomic mass is 32.1. The third kappa shape index (κ3) is 2.44. The van der Waals surface area contributed by atoms with Crippen molar-refractivity contribution in [1.82, 2.24) is 9.55 Å². The number of fused-ring (bicyclic) bond motifs is 1. The van der Waals surface area contributed by atoms with Gasteiger partial charge in [-0.1, -0.05) is 35.6 Å². The van der Waals surface area contributed by atoms with Crippen LogP contribution in [0.1, 0.15) is 17.3 Å². The number of carbonyl (C=O) groups is 1. The lowest BCUT2D eigenvalue weighted by molar-refractivity contribution is 0.101. The van der Waals surface area contributed by atoms with Crippen molar-refractivity contribution in [3.63, 3.8) is 0 Å². The highest BCUT2D eigenvalue weighted by Crippen LogP contribution is 2.44. The van der Waals surface area contributed by atoms with Gasteiger partial charge in [0.1, 0.15) is 5.82 Å². The molecule has 0 aliphatic rings. The first-order chi connectivity index (χ1) is 12.5. The van der Waals surface area contributed by atoms with Crippen LogP contribution in [0.3, 0.4) is 0 Å². The molecular weight excluding hydrogens is 355 g/mol. The quantitative estimate of drug-likeness (QED) is 0.522. The molecule has 7 heteroatoms. The fourth-order valence-electron chi connectivity index (χ4n) is 2.93. The van der Waals surface area contributed by atoms with E-state index < -0.39 is 23.2 Å². The Morgan fingerprint density at radius 2 is 1.92 bits per heavy atom. The highest BCUT2D eigenvalue weighted by Gasteiger charge is 2.28. The SMILES string of the molecule is CC(=O)c1c(O)c(O)n(-c2nc3ccccc3s2)c1-c1cccc(F)c1. The van der Waals surface area contributed by atoms with Crippen LogP contribution in [-0.2, 0) is 0 Å². The van der Waals surface area contributed by atoms with Crippen molar-refractivity contribution in [1.29, 1.82) is 0 Å². The van der Waals surface area contributed by atoms with Crippen molar-refractivity contribution >= 4 is 27.3 Å². The summed E-state index contributed by atoms with van der Waals surface area (Å²) in [5, 5.41) is 21.2. The van der Waals surface area contributed by atoms with E-state index in [4.69, 9.17) is 0 Å². The van der Waals surface area contributed by atoms with Gasteiger partial charge in [-0.05, 0) is 31.2 Å². The Kier molecular flexibility index (Phi) is 3.73. The lowest BCUT2D eigenvalue weighted by atomic mass is 10.0. The number of ketones is 1. The van der Waals surface area contributed by atoms with Crippen LogP contribution in [0.15, 0.2) is 48.5 Å². The molecule has 0 amide bonds. The summed E-state index contributed by atoms with van der Waals surface area (Å²) in [6, 6.07) is 13.0. The summed E-state index contributed by atoms with van der Waals surface area (Å²) < 4.78 is 15.9. The number of benzene rings is 2. The van der Waals surface area contributed by atoms with E-state index >= 15 is 0 Å². The summed E-state index contributed by atoms with van der Waals surface area (Å²) in [7, 11) is 0. The number of Topliss-reactive ketones (excluding diaryl/α,β-unsaturated/α-hetero) is 1. The van der Waals surface area contributed by atoms with Gasteiger partial charge in [0.2, 0.25) is 5.88 Å². The Bertz CT molecular complexity index is 1130. The minimum absolute atomic E-state index is 0.0765. The number of aromatic hydroxyl groups is 2. The Hall–Kier alpha value is -3.19.